The first-order valence-corrected chi connectivity index (χ1v) is 27.4. The third-order valence-electron chi connectivity index (χ3n) is 16.7. The zero-order chi connectivity index (χ0) is 52.8. The molecule has 0 heterocycles. The number of rotatable bonds is 6. The molecule has 0 aliphatic heterocycles. The van der Waals surface area contributed by atoms with Crippen LogP contribution in [0.15, 0.2) is 194 Å². The van der Waals surface area contributed by atoms with Gasteiger partial charge in [0.2, 0.25) is 0 Å². The Bertz CT molecular complexity index is 4260. The molecule has 374 valence electrons. The molecule has 0 saturated carbocycles. The van der Waals surface area contributed by atoms with Gasteiger partial charge in [-0.15, -0.1) is 0 Å². The summed E-state index contributed by atoms with van der Waals surface area (Å²) in [6, 6.07) is 75.1. The van der Waals surface area contributed by atoms with Gasteiger partial charge in [0, 0.05) is 44.3 Å². The van der Waals surface area contributed by atoms with E-state index in [9.17, 15) is 0 Å². The minimum absolute atomic E-state index is 0.0111. The van der Waals surface area contributed by atoms with E-state index in [4.69, 9.17) is 0 Å². The summed E-state index contributed by atoms with van der Waals surface area (Å²) in [6.45, 7) is 27.7. The molecule has 0 saturated heterocycles. The van der Waals surface area contributed by atoms with Crippen molar-refractivity contribution in [2.75, 3.05) is 9.80 Å². The van der Waals surface area contributed by atoms with Crippen molar-refractivity contribution >= 4 is 120 Å². The maximum absolute atomic E-state index is 2.60. The Morgan fingerprint density at radius 1 is 0.224 bits per heavy atom. The normalized spacial score (nSPS) is 13.0. The third-order valence-corrected chi connectivity index (χ3v) is 16.7. The Morgan fingerprint density at radius 3 is 0.934 bits per heavy atom. The van der Waals surface area contributed by atoms with Crippen molar-refractivity contribution in [1.82, 2.24) is 0 Å². The summed E-state index contributed by atoms with van der Waals surface area (Å²) in [4.78, 5) is 5.20. The molecule has 0 aromatic heterocycles. The largest absolute Gasteiger partial charge is 0.309 e. The standard InChI is InChI=1S/C74H68N2/c1-71(2,3)47-26-34-51(35-27-47)75(52-36-28-48(29-37-52)72(4,5)6)69-62-43-60-57-22-15-19-45-20-16-23-58(65(45)57)61(60)44-63(62)70(68-64-42-46-18-13-14-21-55(46)56-24-17-25-59(66(56)64)67(68)69)76(53-38-30-49(31-39-53)73(7,8)9)54-40-32-50(33-41-54)74(10,11)12/h13-44H,1-12H3. The fourth-order valence-corrected chi connectivity index (χ4v) is 12.5. The fourth-order valence-electron chi connectivity index (χ4n) is 12.5. The van der Waals surface area contributed by atoms with Gasteiger partial charge in [0.1, 0.15) is 0 Å². The van der Waals surface area contributed by atoms with Gasteiger partial charge < -0.3 is 9.80 Å². The Kier molecular flexibility index (Phi) is 10.5. The van der Waals surface area contributed by atoms with E-state index >= 15 is 0 Å². The molecule has 2 nitrogen and oxygen atoms in total. The van der Waals surface area contributed by atoms with Crippen LogP contribution in [0.5, 0.6) is 0 Å². The highest BCUT2D eigenvalue weighted by Crippen LogP contribution is 2.58. The molecule has 0 spiro atoms. The van der Waals surface area contributed by atoms with Gasteiger partial charge in [-0.25, -0.2) is 0 Å². The first-order chi connectivity index (χ1) is 36.2. The second-order valence-corrected chi connectivity index (χ2v) is 25.8. The van der Waals surface area contributed by atoms with Crippen LogP contribution in [-0.2, 0) is 21.7 Å². The van der Waals surface area contributed by atoms with E-state index in [1.807, 2.05) is 0 Å². The summed E-state index contributed by atoms with van der Waals surface area (Å²) < 4.78 is 0. The Balaban J connectivity index is 1.29. The Morgan fingerprint density at radius 2 is 0.539 bits per heavy atom. The highest BCUT2D eigenvalue weighted by atomic mass is 15.2. The molecule has 13 rings (SSSR count). The molecule has 0 N–H and O–H groups in total. The number of benzene rings is 11. The van der Waals surface area contributed by atoms with E-state index in [1.165, 1.54) is 120 Å². The van der Waals surface area contributed by atoms with Crippen LogP contribution < -0.4 is 9.80 Å². The minimum atomic E-state index is -0.0120. The molecule has 13 aromatic carbocycles. The van der Waals surface area contributed by atoms with Gasteiger partial charge in [0.15, 0.2) is 0 Å². The van der Waals surface area contributed by atoms with Crippen molar-refractivity contribution in [3.63, 3.8) is 0 Å². The van der Waals surface area contributed by atoms with Gasteiger partial charge in [0.25, 0.3) is 0 Å². The van der Waals surface area contributed by atoms with Gasteiger partial charge in [-0.3, -0.25) is 0 Å². The molecule has 0 amide bonds. The highest BCUT2D eigenvalue weighted by molar-refractivity contribution is 6.44. The number of fused-ring (bicyclic) bond motifs is 9. The van der Waals surface area contributed by atoms with Crippen molar-refractivity contribution < 1.29 is 0 Å². The van der Waals surface area contributed by atoms with Crippen LogP contribution in [0.2, 0.25) is 0 Å². The van der Waals surface area contributed by atoms with E-state index in [0.717, 1.165) is 22.7 Å². The maximum Gasteiger partial charge on any atom is 0.0626 e. The molecule has 0 unspecified atom stereocenters. The lowest BCUT2D eigenvalue weighted by molar-refractivity contribution is 0.590. The average Bonchev–Trinajstić information content (AvgIpc) is 4.09. The van der Waals surface area contributed by atoms with Crippen LogP contribution >= 0.6 is 0 Å². The van der Waals surface area contributed by atoms with E-state index in [-0.39, 0.29) is 21.7 Å². The highest BCUT2D eigenvalue weighted by Gasteiger charge is 2.32. The van der Waals surface area contributed by atoms with Crippen LogP contribution in [0.25, 0.3) is 86.2 Å². The lowest BCUT2D eigenvalue weighted by Crippen LogP contribution is -2.16. The number of nitrogens with zero attached hydrogens (tertiary/aromatic N) is 2. The summed E-state index contributed by atoms with van der Waals surface area (Å²) in [5, 5.41) is 20.2. The quantitative estimate of drug-likeness (QED) is 0.121. The summed E-state index contributed by atoms with van der Waals surface area (Å²) in [5.74, 6) is 0. The maximum atomic E-state index is 2.60. The Hall–Kier alpha value is -7.94. The zero-order valence-corrected chi connectivity index (χ0v) is 46.4. The molecular formula is C74H68N2. The molecular weight excluding hydrogens is 917 g/mol. The molecule has 76 heavy (non-hydrogen) atoms. The molecule has 13 aromatic rings. The Labute approximate surface area is 448 Å². The zero-order valence-electron chi connectivity index (χ0n) is 46.4. The van der Waals surface area contributed by atoms with Crippen LogP contribution in [0, 0.1) is 0 Å². The van der Waals surface area contributed by atoms with E-state index in [0.29, 0.717) is 0 Å². The van der Waals surface area contributed by atoms with Crippen molar-refractivity contribution in [3.8, 4) is 0 Å². The van der Waals surface area contributed by atoms with Crippen molar-refractivity contribution in [3.05, 3.63) is 216 Å². The summed E-state index contributed by atoms with van der Waals surface area (Å²) >= 11 is 0. The molecule has 0 bridgehead atoms. The SMILES string of the molecule is CC(C)(C)c1ccc(N(c2ccc(C(C)(C)C)cc2)c2c3cc4c(cc3c(N(c3ccc(C(C)(C)C)cc3)c3ccc(C(C)(C)C)cc3)c3c5cc6ccccc6c6cccc(c23)c65)c2cccc3cccc4c32)cc1. The van der Waals surface area contributed by atoms with Gasteiger partial charge in [-0.05, 0) is 175 Å². The number of hydrogen-bond donors (Lipinski definition) is 0. The predicted molar refractivity (Wildman–Crippen MR) is 333 cm³/mol. The second kappa shape index (κ2) is 16.8. The molecule has 0 radical (unpaired) electrons. The molecule has 0 aliphatic rings. The van der Waals surface area contributed by atoms with E-state index in [1.54, 1.807) is 0 Å². The molecule has 2 heteroatoms. The predicted octanol–water partition coefficient (Wildman–Crippen LogP) is 21.9. The van der Waals surface area contributed by atoms with Gasteiger partial charge in [-0.1, -0.05) is 210 Å². The number of anilines is 6. The summed E-state index contributed by atoms with van der Waals surface area (Å²) in [5.41, 5.74) is 12.1. The van der Waals surface area contributed by atoms with Crippen LogP contribution in [0.3, 0.4) is 0 Å². The van der Waals surface area contributed by atoms with E-state index in [2.05, 4.69) is 287 Å². The third kappa shape index (κ3) is 7.50. The van der Waals surface area contributed by atoms with Gasteiger partial charge in [0.05, 0.1) is 11.4 Å². The molecule has 0 fully saturated rings. The lowest BCUT2D eigenvalue weighted by Gasteiger charge is -2.33. The molecule has 0 atom stereocenters. The van der Waals surface area contributed by atoms with Crippen molar-refractivity contribution in [2.24, 2.45) is 0 Å². The number of hydrogen-bond acceptors (Lipinski definition) is 2. The second-order valence-electron chi connectivity index (χ2n) is 25.8. The van der Waals surface area contributed by atoms with Crippen molar-refractivity contribution in [1.29, 1.82) is 0 Å². The minimum Gasteiger partial charge on any atom is -0.309 e. The summed E-state index contributed by atoms with van der Waals surface area (Å²) in [6.07, 6.45) is 0. The van der Waals surface area contributed by atoms with E-state index < -0.39 is 0 Å². The van der Waals surface area contributed by atoms with Crippen LogP contribution in [0.4, 0.5) is 34.1 Å². The van der Waals surface area contributed by atoms with Crippen LogP contribution in [0.1, 0.15) is 105 Å². The molecule has 0 aliphatic carbocycles. The lowest BCUT2D eigenvalue weighted by atomic mass is 9.86. The van der Waals surface area contributed by atoms with Crippen molar-refractivity contribution in [2.45, 2.75) is 105 Å². The smallest absolute Gasteiger partial charge is 0.0626 e. The average molecular weight is 985 g/mol. The van der Waals surface area contributed by atoms with Gasteiger partial charge >= 0.3 is 0 Å². The van der Waals surface area contributed by atoms with Crippen LogP contribution in [-0.4, -0.2) is 0 Å². The topological polar surface area (TPSA) is 6.48 Å². The monoisotopic (exact) mass is 985 g/mol. The van der Waals surface area contributed by atoms with Gasteiger partial charge in [-0.2, -0.15) is 0 Å². The summed E-state index contributed by atoms with van der Waals surface area (Å²) in [7, 11) is 0. The fraction of sp³-hybridized carbons (Fsp3) is 0.216. The first-order valence-electron chi connectivity index (χ1n) is 27.4. The first kappa shape index (κ1) is 47.8.